The molecule has 1 saturated carbocycles. The van der Waals surface area contributed by atoms with E-state index < -0.39 is 11.8 Å². The molecule has 0 spiro atoms. The number of ether oxygens (including phenoxy) is 1. The molecule has 2 atom stereocenters. The minimum Gasteiger partial charge on any atom is -0.459 e. The molecule has 0 N–H and O–H groups in total. The van der Waals surface area contributed by atoms with Gasteiger partial charge in [0.2, 0.25) is 0 Å². The summed E-state index contributed by atoms with van der Waals surface area (Å²) in [6, 6.07) is 4.17. The molecule has 0 bridgehead atoms. The zero-order chi connectivity index (χ0) is 14.0. The summed E-state index contributed by atoms with van der Waals surface area (Å²) in [5.41, 5.74) is -0.0293. The standard InChI is InChI=1S/C15H19FO2S/c1-9-5-10(2)7-11(6-9)18-15(17)13-8-12(19)3-4-14(13)16/h3-4,8-11,19H,5-7H2,1-2H3. The maximum Gasteiger partial charge on any atom is 0.341 e. The number of thiol groups is 1. The van der Waals surface area contributed by atoms with Crippen LogP contribution >= 0.6 is 12.6 Å². The van der Waals surface area contributed by atoms with Crippen molar-refractivity contribution in [2.75, 3.05) is 0 Å². The maximum atomic E-state index is 13.6. The summed E-state index contributed by atoms with van der Waals surface area (Å²) in [5, 5.41) is 0. The molecular weight excluding hydrogens is 263 g/mol. The number of hydrogen-bond donors (Lipinski definition) is 1. The highest BCUT2D eigenvalue weighted by atomic mass is 32.1. The number of benzene rings is 1. The largest absolute Gasteiger partial charge is 0.459 e. The van der Waals surface area contributed by atoms with Crippen LogP contribution in [0, 0.1) is 17.7 Å². The monoisotopic (exact) mass is 282 g/mol. The summed E-state index contributed by atoms with van der Waals surface area (Å²) < 4.78 is 19.0. The van der Waals surface area contributed by atoms with Gasteiger partial charge in [0, 0.05) is 4.90 Å². The van der Waals surface area contributed by atoms with Gasteiger partial charge >= 0.3 is 5.97 Å². The normalized spacial score (nSPS) is 27.1. The lowest BCUT2D eigenvalue weighted by molar-refractivity contribution is 0.00759. The van der Waals surface area contributed by atoms with Gasteiger partial charge in [-0.2, -0.15) is 0 Å². The number of carbonyl (C=O) groups is 1. The molecule has 4 heteroatoms. The van der Waals surface area contributed by atoms with E-state index in [4.69, 9.17) is 4.74 Å². The quantitative estimate of drug-likeness (QED) is 0.653. The number of carbonyl (C=O) groups excluding carboxylic acids is 1. The van der Waals surface area contributed by atoms with Crippen LogP contribution in [0.1, 0.15) is 43.5 Å². The average molecular weight is 282 g/mol. The third-order valence-electron chi connectivity index (χ3n) is 3.58. The van der Waals surface area contributed by atoms with E-state index in [1.165, 1.54) is 18.2 Å². The van der Waals surface area contributed by atoms with Crippen molar-refractivity contribution < 1.29 is 13.9 Å². The topological polar surface area (TPSA) is 26.3 Å². The van der Waals surface area contributed by atoms with Crippen LogP contribution in [-0.4, -0.2) is 12.1 Å². The van der Waals surface area contributed by atoms with Crippen molar-refractivity contribution in [3.8, 4) is 0 Å². The van der Waals surface area contributed by atoms with Crippen LogP contribution in [0.15, 0.2) is 23.1 Å². The number of hydrogen-bond acceptors (Lipinski definition) is 3. The second kappa shape index (κ2) is 5.95. The third kappa shape index (κ3) is 3.72. The highest BCUT2D eigenvalue weighted by molar-refractivity contribution is 7.80. The minimum absolute atomic E-state index is 0.0293. The Morgan fingerprint density at radius 2 is 1.89 bits per heavy atom. The van der Waals surface area contributed by atoms with Gasteiger partial charge in [0.1, 0.15) is 11.9 Å². The Kier molecular flexibility index (Phi) is 4.50. The van der Waals surface area contributed by atoms with Crippen LogP contribution in [0.4, 0.5) is 4.39 Å². The molecule has 2 nitrogen and oxygen atoms in total. The van der Waals surface area contributed by atoms with E-state index >= 15 is 0 Å². The first-order valence-corrected chi connectivity index (χ1v) is 7.10. The highest BCUT2D eigenvalue weighted by Crippen LogP contribution is 2.31. The fourth-order valence-corrected chi connectivity index (χ4v) is 3.06. The van der Waals surface area contributed by atoms with Crippen molar-refractivity contribution in [2.45, 2.75) is 44.1 Å². The van der Waals surface area contributed by atoms with E-state index in [1.807, 2.05) is 0 Å². The van der Waals surface area contributed by atoms with Gasteiger partial charge in [-0.1, -0.05) is 13.8 Å². The molecule has 0 radical (unpaired) electrons. The van der Waals surface area contributed by atoms with Gasteiger partial charge in [0.05, 0.1) is 5.56 Å². The Hall–Kier alpha value is -1.03. The minimum atomic E-state index is -0.584. The van der Waals surface area contributed by atoms with Crippen molar-refractivity contribution in [1.29, 1.82) is 0 Å². The predicted molar refractivity (Wildman–Crippen MR) is 75.0 cm³/mol. The van der Waals surface area contributed by atoms with E-state index in [0.717, 1.165) is 19.3 Å². The average Bonchev–Trinajstić information content (AvgIpc) is 2.30. The molecule has 104 valence electrons. The zero-order valence-corrected chi connectivity index (χ0v) is 12.1. The second-order valence-corrected chi connectivity index (χ2v) is 6.13. The highest BCUT2D eigenvalue weighted by Gasteiger charge is 2.27. The van der Waals surface area contributed by atoms with Gasteiger partial charge in [-0.25, -0.2) is 9.18 Å². The van der Waals surface area contributed by atoms with Gasteiger partial charge in [-0.05, 0) is 49.3 Å². The van der Waals surface area contributed by atoms with Crippen LogP contribution in [0.25, 0.3) is 0 Å². The van der Waals surface area contributed by atoms with Gasteiger partial charge in [-0.15, -0.1) is 12.6 Å². The van der Waals surface area contributed by atoms with Crippen LogP contribution in [0.2, 0.25) is 0 Å². The van der Waals surface area contributed by atoms with E-state index in [-0.39, 0.29) is 11.7 Å². The van der Waals surface area contributed by atoms with Gasteiger partial charge in [0.25, 0.3) is 0 Å². The smallest absolute Gasteiger partial charge is 0.341 e. The lowest BCUT2D eigenvalue weighted by atomic mass is 9.82. The van der Waals surface area contributed by atoms with E-state index in [1.54, 1.807) is 0 Å². The first-order chi connectivity index (χ1) is 8.95. The Morgan fingerprint density at radius 1 is 1.26 bits per heavy atom. The first kappa shape index (κ1) is 14.4. The molecule has 1 aromatic rings. The Labute approximate surface area is 118 Å². The fraction of sp³-hybridized carbons (Fsp3) is 0.533. The summed E-state index contributed by atoms with van der Waals surface area (Å²) in [4.78, 5) is 12.6. The second-order valence-electron chi connectivity index (χ2n) is 5.61. The van der Waals surface area contributed by atoms with Gasteiger partial charge < -0.3 is 4.74 Å². The molecule has 1 fully saturated rings. The van der Waals surface area contributed by atoms with Crippen LogP contribution in [0.3, 0.4) is 0 Å². The van der Waals surface area contributed by atoms with E-state index in [2.05, 4.69) is 26.5 Å². The van der Waals surface area contributed by atoms with Crippen molar-refractivity contribution in [3.05, 3.63) is 29.6 Å². The number of esters is 1. The molecule has 1 aliphatic rings. The molecule has 0 saturated heterocycles. The molecule has 1 aromatic carbocycles. The van der Waals surface area contributed by atoms with Crippen LogP contribution in [-0.2, 0) is 4.74 Å². The zero-order valence-electron chi connectivity index (χ0n) is 11.2. The van der Waals surface area contributed by atoms with Crippen molar-refractivity contribution >= 4 is 18.6 Å². The maximum absolute atomic E-state index is 13.6. The number of halogens is 1. The van der Waals surface area contributed by atoms with Crippen molar-refractivity contribution in [2.24, 2.45) is 11.8 Å². The Bertz CT molecular complexity index is 465. The summed E-state index contributed by atoms with van der Waals surface area (Å²) in [5.74, 6) is -0.0513. The predicted octanol–water partition coefficient (Wildman–Crippen LogP) is 4.10. The molecule has 2 rings (SSSR count). The SMILES string of the molecule is CC1CC(C)CC(OC(=O)c2cc(S)ccc2F)C1. The van der Waals surface area contributed by atoms with E-state index in [9.17, 15) is 9.18 Å². The summed E-state index contributed by atoms with van der Waals surface area (Å²) in [7, 11) is 0. The van der Waals surface area contributed by atoms with E-state index in [0.29, 0.717) is 16.7 Å². The first-order valence-electron chi connectivity index (χ1n) is 6.65. The molecule has 0 amide bonds. The number of rotatable bonds is 2. The van der Waals surface area contributed by atoms with Crippen LogP contribution in [0.5, 0.6) is 0 Å². The molecule has 0 heterocycles. The Balaban J connectivity index is 2.06. The Morgan fingerprint density at radius 3 is 2.53 bits per heavy atom. The van der Waals surface area contributed by atoms with Crippen LogP contribution < -0.4 is 0 Å². The lowest BCUT2D eigenvalue weighted by Crippen LogP contribution is -2.28. The fourth-order valence-electron chi connectivity index (χ4n) is 2.85. The molecule has 19 heavy (non-hydrogen) atoms. The lowest BCUT2D eigenvalue weighted by Gasteiger charge is -2.31. The summed E-state index contributed by atoms with van der Waals surface area (Å²) in [6.45, 7) is 4.32. The molecule has 0 aromatic heterocycles. The van der Waals surface area contributed by atoms with Gasteiger partial charge in [-0.3, -0.25) is 0 Å². The third-order valence-corrected chi connectivity index (χ3v) is 3.86. The molecule has 2 unspecified atom stereocenters. The van der Waals surface area contributed by atoms with Gasteiger partial charge in [0.15, 0.2) is 0 Å². The van der Waals surface area contributed by atoms with Crippen molar-refractivity contribution in [3.63, 3.8) is 0 Å². The molecule has 1 aliphatic carbocycles. The molecule has 0 aliphatic heterocycles. The summed E-state index contributed by atoms with van der Waals surface area (Å²) in [6.07, 6.45) is 2.78. The molecular formula is C15H19FO2S. The summed E-state index contributed by atoms with van der Waals surface area (Å²) >= 11 is 4.12. The van der Waals surface area contributed by atoms with Crippen molar-refractivity contribution in [1.82, 2.24) is 0 Å².